The monoisotopic (exact) mass is 454 g/mol. The van der Waals surface area contributed by atoms with Gasteiger partial charge in [0.1, 0.15) is 0 Å². The molecule has 0 aromatic rings. The third-order valence-electron chi connectivity index (χ3n) is 7.53. The van der Waals surface area contributed by atoms with E-state index < -0.39 is 0 Å². The first kappa shape index (κ1) is 28.4. The summed E-state index contributed by atoms with van der Waals surface area (Å²) < 4.78 is 0. The van der Waals surface area contributed by atoms with Gasteiger partial charge < -0.3 is 14.9 Å². The molecule has 4 rings (SSSR count). The fraction of sp³-hybridized carbons (Fsp3) is 0.917. The minimum atomic E-state index is 0. The van der Waals surface area contributed by atoms with Gasteiger partial charge in [-0.2, -0.15) is 0 Å². The Bertz CT molecular complexity index is 321. The van der Waals surface area contributed by atoms with Crippen molar-refractivity contribution in [1.29, 1.82) is 0 Å². The van der Waals surface area contributed by atoms with Gasteiger partial charge in [0.2, 0.25) is 0 Å². The molecule has 4 unspecified atom stereocenters. The number of rotatable bonds is 2. The van der Waals surface area contributed by atoms with Crippen LogP contribution >= 0.6 is 15.8 Å². The van der Waals surface area contributed by atoms with Crippen LogP contribution in [0.2, 0.25) is 0 Å². The Morgan fingerprint density at radius 2 is 0.667 bits per heavy atom. The molecule has 2 aliphatic heterocycles. The van der Waals surface area contributed by atoms with E-state index in [0.29, 0.717) is 15.8 Å². The maximum atomic E-state index is 2.51. The smallest absolute Gasteiger partial charge is 0.358 e. The summed E-state index contributed by atoms with van der Waals surface area (Å²) in [6, 6.07) is 0. The Kier molecular flexibility index (Phi) is 14.3. The predicted octanol–water partition coefficient (Wildman–Crippen LogP) is 8.86. The van der Waals surface area contributed by atoms with E-state index in [1.807, 2.05) is 0 Å². The Morgan fingerprint density at radius 1 is 0.444 bits per heavy atom. The predicted molar refractivity (Wildman–Crippen MR) is 127 cm³/mol. The Hall–Kier alpha value is 1.38. The average molecular weight is 454 g/mol. The quantitative estimate of drug-likeness (QED) is 0.222. The summed E-state index contributed by atoms with van der Waals surface area (Å²) >= 11 is 0. The van der Waals surface area contributed by atoms with Crippen LogP contribution in [0.3, 0.4) is 0 Å². The second-order valence-corrected chi connectivity index (χ2v) is 16.1. The first-order valence-electron chi connectivity index (χ1n) is 11.1. The van der Waals surface area contributed by atoms with Gasteiger partial charge in [0, 0.05) is 0 Å². The Labute approximate surface area is 186 Å². The summed E-state index contributed by atoms with van der Waals surface area (Å²) in [5, 5.41) is 0. The van der Waals surface area contributed by atoms with Crippen LogP contribution in [0.5, 0.6) is 0 Å². The Balaban J connectivity index is 0.000000451. The summed E-state index contributed by atoms with van der Waals surface area (Å²) in [7, 11) is 0.863. The molecule has 0 aromatic heterocycles. The van der Waals surface area contributed by atoms with E-state index in [-0.39, 0.29) is 31.9 Å². The maximum Gasteiger partial charge on any atom is 2.00 e. The molecule has 0 N–H and O–H groups in total. The van der Waals surface area contributed by atoms with Crippen molar-refractivity contribution < 1.29 is 17.1 Å². The molecule has 2 aliphatic carbocycles. The molecular weight excluding hydrogens is 406 g/mol. The number of hydrogen-bond acceptors (Lipinski definition) is 0. The minimum absolute atomic E-state index is 0. The summed E-state index contributed by atoms with van der Waals surface area (Å²) in [4.78, 5) is 0. The first-order chi connectivity index (χ1) is 11.6. The van der Waals surface area contributed by atoms with Gasteiger partial charge in [-0.25, -0.2) is 0 Å². The van der Waals surface area contributed by atoms with Gasteiger partial charge in [-0.05, 0) is 85.3 Å². The molecule has 3 heteroatoms. The normalized spacial score (nSPS) is 39.1. The van der Waals surface area contributed by atoms with E-state index in [1.54, 1.807) is 25.7 Å². The van der Waals surface area contributed by atoms with Gasteiger partial charge >= 0.3 is 17.1 Å². The van der Waals surface area contributed by atoms with Crippen molar-refractivity contribution in [2.75, 3.05) is 0 Å². The average Bonchev–Trinajstić information content (AvgIpc) is 3.31. The largest absolute Gasteiger partial charge is 2.00 e. The molecule has 0 aromatic carbocycles. The molecule has 0 spiro atoms. The van der Waals surface area contributed by atoms with Crippen LogP contribution in [0.4, 0.5) is 0 Å². The molecular formula is C24H48FeP2. The second-order valence-electron chi connectivity index (χ2n) is 9.32. The topological polar surface area (TPSA) is 0 Å². The molecule has 2 heterocycles. The van der Waals surface area contributed by atoms with Gasteiger partial charge in [-0.3, -0.25) is 0 Å². The van der Waals surface area contributed by atoms with Crippen molar-refractivity contribution in [3.8, 4) is 0 Å². The zero-order valence-corrected chi connectivity index (χ0v) is 22.1. The van der Waals surface area contributed by atoms with Crippen molar-refractivity contribution in [2.24, 2.45) is 0 Å². The van der Waals surface area contributed by atoms with E-state index in [0.717, 1.165) is 22.6 Å². The molecule has 4 fully saturated rings. The van der Waals surface area contributed by atoms with E-state index >= 15 is 0 Å². The fourth-order valence-electron chi connectivity index (χ4n) is 6.27. The summed E-state index contributed by atoms with van der Waals surface area (Å²) in [5.41, 5.74) is 6.73. The zero-order valence-electron chi connectivity index (χ0n) is 19.2. The van der Waals surface area contributed by atoms with E-state index in [9.17, 15) is 0 Å². The van der Waals surface area contributed by atoms with E-state index in [1.165, 1.54) is 62.7 Å². The summed E-state index contributed by atoms with van der Waals surface area (Å²) in [6.45, 7) is 10.0. The third kappa shape index (κ3) is 7.23. The molecule has 27 heavy (non-hydrogen) atoms. The second kappa shape index (κ2) is 13.6. The van der Waals surface area contributed by atoms with Crippen LogP contribution in [0.15, 0.2) is 0 Å². The molecule has 2 saturated heterocycles. The SMILES string of the molecule is CC1CCC(C)P1C1CCCC1.CC1CCC(C)P1C1CCCC1.[CH3-].[CH3-].[Fe+2]. The van der Waals surface area contributed by atoms with Gasteiger partial charge in [0.25, 0.3) is 0 Å². The molecule has 4 aliphatic rings. The molecule has 0 nitrogen and oxygen atoms in total. The molecule has 162 valence electrons. The molecule has 2 saturated carbocycles. The molecule has 0 radical (unpaired) electrons. The molecule has 4 atom stereocenters. The zero-order chi connectivity index (χ0) is 17.1. The van der Waals surface area contributed by atoms with Gasteiger partial charge in [-0.1, -0.05) is 69.2 Å². The van der Waals surface area contributed by atoms with E-state index in [2.05, 4.69) is 27.7 Å². The third-order valence-corrected chi connectivity index (χ3v) is 15.4. The van der Waals surface area contributed by atoms with Crippen LogP contribution in [-0.4, -0.2) is 34.0 Å². The van der Waals surface area contributed by atoms with Crippen molar-refractivity contribution in [3.63, 3.8) is 0 Å². The molecule has 0 bridgehead atoms. The van der Waals surface area contributed by atoms with Crippen LogP contribution in [0.1, 0.15) is 105 Å². The van der Waals surface area contributed by atoms with Crippen molar-refractivity contribution in [2.45, 2.75) is 139 Å². The number of hydrogen-bond donors (Lipinski definition) is 0. The maximum absolute atomic E-state index is 2.51. The van der Waals surface area contributed by atoms with Crippen LogP contribution in [0, 0.1) is 14.9 Å². The Morgan fingerprint density at radius 3 is 0.889 bits per heavy atom. The van der Waals surface area contributed by atoms with Crippen molar-refractivity contribution in [1.82, 2.24) is 0 Å². The minimum Gasteiger partial charge on any atom is -0.358 e. The fourth-order valence-corrected chi connectivity index (χ4v) is 14.6. The van der Waals surface area contributed by atoms with E-state index in [4.69, 9.17) is 0 Å². The van der Waals surface area contributed by atoms with Crippen LogP contribution < -0.4 is 0 Å². The van der Waals surface area contributed by atoms with Crippen molar-refractivity contribution in [3.05, 3.63) is 14.9 Å². The van der Waals surface area contributed by atoms with Gasteiger partial charge in [0.05, 0.1) is 0 Å². The first-order valence-corrected chi connectivity index (χ1v) is 14.2. The van der Waals surface area contributed by atoms with Crippen molar-refractivity contribution >= 4 is 15.8 Å². The van der Waals surface area contributed by atoms with Crippen LogP contribution in [-0.2, 0) is 17.1 Å². The standard InChI is InChI=1S/2C11H21P.2CH3.Fe/c2*1-9-7-8-10(2)12(9)11-5-3-4-6-11;;;/h2*9-11H,3-8H2,1-2H3;2*1H3;/q;;2*-1;+2. The summed E-state index contributed by atoms with van der Waals surface area (Å²) in [6.07, 6.45) is 18.5. The van der Waals surface area contributed by atoms with Crippen LogP contribution in [0.25, 0.3) is 0 Å². The molecule has 0 amide bonds. The summed E-state index contributed by atoms with van der Waals surface area (Å²) in [5.74, 6) is 0. The van der Waals surface area contributed by atoms with Gasteiger partial charge in [0.15, 0.2) is 0 Å². The van der Waals surface area contributed by atoms with Gasteiger partial charge in [-0.15, -0.1) is 0 Å².